The molecule has 0 radical (unpaired) electrons. The van der Waals surface area contributed by atoms with Crippen molar-refractivity contribution in [3.05, 3.63) is 117 Å². The van der Waals surface area contributed by atoms with E-state index in [0.717, 1.165) is 28.2 Å². The van der Waals surface area contributed by atoms with Crippen LogP contribution in [0.4, 0.5) is 19.3 Å². The minimum Gasteiger partial charge on any atom is -0.395 e. The van der Waals surface area contributed by atoms with E-state index in [-0.39, 0.29) is 36.3 Å². The van der Waals surface area contributed by atoms with Gasteiger partial charge in [0.15, 0.2) is 17.3 Å². The van der Waals surface area contributed by atoms with Gasteiger partial charge in [-0.25, -0.2) is 13.6 Å². The summed E-state index contributed by atoms with van der Waals surface area (Å²) in [6, 6.07) is 15.4. The van der Waals surface area contributed by atoms with E-state index in [2.05, 4.69) is 10.7 Å². The number of hydrogen-bond acceptors (Lipinski definition) is 9. The van der Waals surface area contributed by atoms with Crippen LogP contribution in [-0.4, -0.2) is 46.9 Å². The number of nitrogens with zero attached hydrogens (tertiary/aromatic N) is 2. The molecule has 1 fully saturated rings. The van der Waals surface area contributed by atoms with Gasteiger partial charge in [-0.2, -0.15) is 0 Å². The molecule has 2 N–H and O–H groups in total. The number of morpholine rings is 1. The molecule has 2 atom stereocenters. The number of amides is 2. The topological polar surface area (TPSA) is 128 Å². The number of halogens is 2. The van der Waals surface area contributed by atoms with E-state index in [0.29, 0.717) is 23.2 Å². The molecule has 47 heavy (non-hydrogen) atoms. The number of ether oxygens (including phenoxy) is 3. The predicted octanol–water partition coefficient (Wildman–Crippen LogP) is 4.96. The maximum Gasteiger partial charge on any atom is 0.519 e. The number of thioether (sulfide) groups is 1. The number of benzene rings is 3. The molecule has 0 bridgehead atoms. The van der Waals surface area contributed by atoms with Gasteiger partial charge in [-0.1, -0.05) is 18.2 Å². The first kappa shape index (κ1) is 30.4. The summed E-state index contributed by atoms with van der Waals surface area (Å²) in [5.41, 5.74) is 5.46. The van der Waals surface area contributed by atoms with E-state index in [4.69, 9.17) is 14.2 Å². The largest absolute Gasteiger partial charge is 0.519 e. The molecule has 1 aromatic heterocycles. The van der Waals surface area contributed by atoms with Crippen LogP contribution in [0.25, 0.3) is 0 Å². The third kappa shape index (κ3) is 5.70. The second-order valence-corrected chi connectivity index (χ2v) is 12.1. The van der Waals surface area contributed by atoms with Crippen molar-refractivity contribution in [1.29, 1.82) is 0 Å². The number of carbonyl (C=O) groups excluding carboxylic acids is 3. The zero-order valence-electron chi connectivity index (χ0n) is 24.8. The SMILES string of the molecule is CC(=O)Nc1ccc(OC(=O)Oc2c3n(ccc2=O)N[C@@H]2C(c4cccc5c4Cc4ccc(F)c(F)c4CS5)OCCN2C3=O)cc1. The highest BCUT2D eigenvalue weighted by Crippen LogP contribution is 2.41. The van der Waals surface area contributed by atoms with Gasteiger partial charge in [-0.05, 0) is 59.5 Å². The summed E-state index contributed by atoms with van der Waals surface area (Å²) in [7, 11) is 0. The van der Waals surface area contributed by atoms with Crippen molar-refractivity contribution in [2.24, 2.45) is 0 Å². The molecule has 2 amide bonds. The van der Waals surface area contributed by atoms with E-state index in [9.17, 15) is 28.0 Å². The standard InChI is InChI=1S/C33H26F2N4O7S/c1-17(40)36-19-6-8-20(9-7-19)45-33(43)46-30-25(41)11-12-39-28(30)32(42)38-13-14-44-29(31(38)37-39)21-3-2-4-26-22(21)15-18-5-10-24(34)27(35)23(18)16-47-26/h2-12,29,31,37H,13-16H2,1H3,(H,36,40)/t29?,31-/m0/s1. The van der Waals surface area contributed by atoms with Gasteiger partial charge in [0.2, 0.25) is 17.1 Å². The van der Waals surface area contributed by atoms with Gasteiger partial charge in [-0.3, -0.25) is 19.1 Å². The molecule has 11 nitrogen and oxygen atoms in total. The monoisotopic (exact) mass is 660 g/mol. The molecule has 0 spiro atoms. The summed E-state index contributed by atoms with van der Waals surface area (Å²) in [4.78, 5) is 53.2. The summed E-state index contributed by atoms with van der Waals surface area (Å²) in [5.74, 6) is -2.73. The molecule has 7 rings (SSSR count). The first-order valence-electron chi connectivity index (χ1n) is 14.6. The molecule has 1 saturated heterocycles. The van der Waals surface area contributed by atoms with Crippen molar-refractivity contribution in [1.82, 2.24) is 9.58 Å². The van der Waals surface area contributed by atoms with E-state index < -0.39 is 47.1 Å². The molecule has 3 aliphatic rings. The molecule has 3 aliphatic heterocycles. The lowest BCUT2D eigenvalue weighted by molar-refractivity contribution is -0.114. The van der Waals surface area contributed by atoms with Gasteiger partial charge in [0.1, 0.15) is 18.0 Å². The average molecular weight is 661 g/mol. The van der Waals surface area contributed by atoms with Gasteiger partial charge in [0.05, 0.1) is 6.61 Å². The second-order valence-electron chi connectivity index (χ2n) is 11.0. The van der Waals surface area contributed by atoms with Crippen LogP contribution in [-0.2, 0) is 21.7 Å². The van der Waals surface area contributed by atoms with Crippen LogP contribution in [0.3, 0.4) is 0 Å². The van der Waals surface area contributed by atoms with Gasteiger partial charge >= 0.3 is 6.16 Å². The Balaban J connectivity index is 1.17. The third-order valence-corrected chi connectivity index (χ3v) is 9.24. The summed E-state index contributed by atoms with van der Waals surface area (Å²) in [6.45, 7) is 1.71. The van der Waals surface area contributed by atoms with E-state index >= 15 is 0 Å². The Morgan fingerprint density at radius 1 is 1.02 bits per heavy atom. The number of anilines is 1. The first-order chi connectivity index (χ1) is 22.7. The molecule has 4 aromatic rings. The van der Waals surface area contributed by atoms with Crippen LogP contribution < -0.4 is 25.6 Å². The first-order valence-corrected chi connectivity index (χ1v) is 15.6. The van der Waals surface area contributed by atoms with Gasteiger partial charge < -0.3 is 29.9 Å². The highest BCUT2D eigenvalue weighted by Gasteiger charge is 2.44. The number of carbonyl (C=O) groups is 3. The Kier molecular flexibility index (Phi) is 7.90. The fraction of sp³-hybridized carbons (Fsp3) is 0.212. The Hall–Kier alpha value is -5.21. The normalized spacial score (nSPS) is 18.0. The van der Waals surface area contributed by atoms with E-state index in [1.807, 2.05) is 18.2 Å². The molecule has 0 saturated carbocycles. The molecular weight excluding hydrogens is 634 g/mol. The second kappa shape index (κ2) is 12.2. The molecule has 4 heterocycles. The molecule has 3 aromatic carbocycles. The number of rotatable bonds is 4. The van der Waals surface area contributed by atoms with Crippen LogP contribution in [0.2, 0.25) is 0 Å². The molecule has 14 heteroatoms. The minimum atomic E-state index is -1.24. The molecular formula is C33H26F2N4O7S. The van der Waals surface area contributed by atoms with Crippen molar-refractivity contribution in [2.75, 3.05) is 23.9 Å². The lowest BCUT2D eigenvalue weighted by Crippen LogP contribution is -2.60. The fourth-order valence-corrected chi connectivity index (χ4v) is 7.13. The van der Waals surface area contributed by atoms with Crippen LogP contribution in [0.5, 0.6) is 11.5 Å². The van der Waals surface area contributed by atoms with Crippen LogP contribution in [0, 0.1) is 11.6 Å². The number of fused-ring (bicyclic) bond motifs is 4. The van der Waals surface area contributed by atoms with Crippen LogP contribution >= 0.6 is 11.8 Å². The third-order valence-electron chi connectivity index (χ3n) is 8.11. The van der Waals surface area contributed by atoms with Crippen molar-refractivity contribution in [2.45, 2.75) is 36.3 Å². The lowest BCUT2D eigenvalue weighted by atomic mass is 9.92. The molecule has 1 unspecified atom stereocenters. The Labute approximate surface area is 270 Å². The number of pyridine rings is 1. The number of aromatic nitrogens is 1. The summed E-state index contributed by atoms with van der Waals surface area (Å²) in [6.07, 6.45) is -0.925. The lowest BCUT2D eigenvalue weighted by Gasteiger charge is -2.46. The summed E-state index contributed by atoms with van der Waals surface area (Å²) >= 11 is 1.40. The Bertz CT molecular complexity index is 2000. The Morgan fingerprint density at radius 2 is 1.83 bits per heavy atom. The predicted molar refractivity (Wildman–Crippen MR) is 166 cm³/mol. The quantitative estimate of drug-likeness (QED) is 0.231. The summed E-state index contributed by atoms with van der Waals surface area (Å²) < 4.78 is 46.8. The van der Waals surface area contributed by atoms with Crippen molar-refractivity contribution >= 4 is 35.4 Å². The van der Waals surface area contributed by atoms with Crippen molar-refractivity contribution < 1.29 is 37.4 Å². The Morgan fingerprint density at radius 3 is 2.62 bits per heavy atom. The average Bonchev–Trinajstić information content (AvgIpc) is 3.25. The maximum absolute atomic E-state index is 14.7. The number of hydrogen-bond donors (Lipinski definition) is 2. The highest BCUT2D eigenvalue weighted by atomic mass is 32.2. The van der Waals surface area contributed by atoms with E-state index in [1.54, 1.807) is 6.07 Å². The smallest absolute Gasteiger partial charge is 0.395 e. The highest BCUT2D eigenvalue weighted by molar-refractivity contribution is 7.98. The van der Waals surface area contributed by atoms with Crippen molar-refractivity contribution in [3.63, 3.8) is 0 Å². The summed E-state index contributed by atoms with van der Waals surface area (Å²) in [5, 5.41) is 2.59. The maximum atomic E-state index is 14.7. The van der Waals surface area contributed by atoms with Crippen LogP contribution in [0.15, 0.2) is 76.6 Å². The fourth-order valence-electron chi connectivity index (χ4n) is 5.98. The molecule has 0 aliphatic carbocycles. The van der Waals surface area contributed by atoms with Crippen LogP contribution in [0.1, 0.15) is 45.8 Å². The van der Waals surface area contributed by atoms with Gasteiger partial charge in [0.25, 0.3) is 5.91 Å². The number of nitrogens with one attached hydrogen (secondary N) is 2. The zero-order chi connectivity index (χ0) is 32.8. The zero-order valence-corrected chi connectivity index (χ0v) is 25.6. The van der Waals surface area contributed by atoms with Gasteiger partial charge in [-0.15, -0.1) is 11.8 Å². The minimum absolute atomic E-state index is 0.0881. The van der Waals surface area contributed by atoms with Gasteiger partial charge in [0, 0.05) is 47.6 Å². The molecule has 240 valence electrons. The van der Waals surface area contributed by atoms with Crippen molar-refractivity contribution in [3.8, 4) is 11.5 Å². The van der Waals surface area contributed by atoms with E-state index in [1.165, 1.54) is 58.7 Å².